The van der Waals surface area contributed by atoms with Gasteiger partial charge in [0, 0.05) is 0 Å². The molecule has 0 heterocycles. The summed E-state index contributed by atoms with van der Waals surface area (Å²) in [7, 11) is 0. The molecule has 20 heavy (non-hydrogen) atoms. The van der Waals surface area contributed by atoms with Gasteiger partial charge in [0.05, 0.1) is 0 Å². The molecular formula is C17H26F2O. The maximum Gasteiger partial charge on any atom is 0.187 e. The van der Waals surface area contributed by atoms with E-state index in [4.69, 9.17) is 0 Å². The monoisotopic (exact) mass is 284 g/mol. The van der Waals surface area contributed by atoms with E-state index in [1.54, 1.807) is 0 Å². The van der Waals surface area contributed by atoms with Gasteiger partial charge in [0.15, 0.2) is 17.4 Å². The number of phenolic OH excluding ortho intramolecular Hbond substituents is 1. The predicted molar refractivity (Wildman–Crippen MR) is 78.9 cm³/mol. The van der Waals surface area contributed by atoms with Crippen LogP contribution in [0.3, 0.4) is 0 Å². The molecule has 0 fully saturated rings. The van der Waals surface area contributed by atoms with Crippen molar-refractivity contribution in [2.45, 2.75) is 60.3 Å². The maximum atomic E-state index is 13.7. The first-order valence-electron chi connectivity index (χ1n) is 6.96. The van der Waals surface area contributed by atoms with Gasteiger partial charge in [-0.1, -0.05) is 48.5 Å². The molecule has 1 unspecified atom stereocenters. The van der Waals surface area contributed by atoms with Crippen LogP contribution in [0.25, 0.3) is 0 Å². The van der Waals surface area contributed by atoms with Crippen LogP contribution < -0.4 is 0 Å². The third kappa shape index (κ3) is 3.31. The Kier molecular flexibility index (Phi) is 4.24. The van der Waals surface area contributed by atoms with Crippen molar-refractivity contribution in [3.63, 3.8) is 0 Å². The van der Waals surface area contributed by atoms with Gasteiger partial charge in [-0.2, -0.15) is 0 Å². The molecule has 0 saturated heterocycles. The van der Waals surface area contributed by atoms with Gasteiger partial charge < -0.3 is 5.11 Å². The van der Waals surface area contributed by atoms with Crippen molar-refractivity contribution >= 4 is 0 Å². The van der Waals surface area contributed by atoms with Crippen LogP contribution in [0.5, 0.6) is 5.75 Å². The fraction of sp³-hybridized carbons (Fsp3) is 0.647. The van der Waals surface area contributed by atoms with Crippen molar-refractivity contribution in [1.82, 2.24) is 0 Å². The third-order valence-electron chi connectivity index (χ3n) is 4.19. The van der Waals surface area contributed by atoms with Crippen LogP contribution in [0.1, 0.15) is 60.5 Å². The fourth-order valence-electron chi connectivity index (χ4n) is 2.74. The molecule has 0 spiro atoms. The molecule has 0 radical (unpaired) electrons. The molecule has 0 aliphatic rings. The molecule has 1 nitrogen and oxygen atoms in total. The van der Waals surface area contributed by atoms with E-state index in [1.165, 1.54) is 12.1 Å². The zero-order valence-corrected chi connectivity index (χ0v) is 13.6. The van der Waals surface area contributed by atoms with E-state index in [9.17, 15) is 13.9 Å². The molecule has 114 valence electrons. The first kappa shape index (κ1) is 16.9. The molecule has 0 saturated carbocycles. The number of benzene rings is 1. The minimum atomic E-state index is -0.902. The Hall–Kier alpha value is -1.12. The number of hydrogen-bond donors (Lipinski definition) is 1. The summed E-state index contributed by atoms with van der Waals surface area (Å²) in [5.74, 6) is -2.70. The second-order valence-electron chi connectivity index (χ2n) is 8.11. The minimum Gasteiger partial charge on any atom is -0.503 e. The van der Waals surface area contributed by atoms with Crippen molar-refractivity contribution < 1.29 is 13.9 Å². The van der Waals surface area contributed by atoms with Gasteiger partial charge in [0.1, 0.15) is 0 Å². The lowest BCUT2D eigenvalue weighted by molar-refractivity contribution is 0.133. The van der Waals surface area contributed by atoms with Gasteiger partial charge in [-0.25, -0.2) is 8.78 Å². The zero-order valence-electron chi connectivity index (χ0n) is 13.6. The van der Waals surface area contributed by atoms with Crippen LogP contribution in [0.4, 0.5) is 8.78 Å². The first-order chi connectivity index (χ1) is 8.78. The largest absolute Gasteiger partial charge is 0.503 e. The molecule has 1 aromatic carbocycles. The summed E-state index contributed by atoms with van der Waals surface area (Å²) in [6.45, 7) is 14.6. The van der Waals surface area contributed by atoms with Gasteiger partial charge in [-0.05, 0) is 40.4 Å². The summed E-state index contributed by atoms with van der Waals surface area (Å²) < 4.78 is 27.4. The molecule has 0 aliphatic carbocycles. The Morgan fingerprint density at radius 2 is 1.30 bits per heavy atom. The third-order valence-corrected chi connectivity index (χ3v) is 4.19. The molecule has 1 atom stereocenters. The van der Waals surface area contributed by atoms with Gasteiger partial charge in [0.25, 0.3) is 0 Å². The lowest BCUT2D eigenvalue weighted by Crippen LogP contribution is -2.40. The SMILES string of the molecule is CC(C)(C)CC(C)(c1cc(F)c(O)c(F)c1)C(C)(C)C. The van der Waals surface area contributed by atoms with Gasteiger partial charge in [0.2, 0.25) is 0 Å². The smallest absolute Gasteiger partial charge is 0.187 e. The molecule has 1 aromatic rings. The van der Waals surface area contributed by atoms with E-state index in [1.807, 2.05) is 6.92 Å². The van der Waals surface area contributed by atoms with Crippen LogP contribution in [-0.2, 0) is 5.41 Å². The molecule has 1 N–H and O–H groups in total. The molecule has 0 bridgehead atoms. The van der Waals surface area contributed by atoms with Crippen molar-refractivity contribution in [2.24, 2.45) is 10.8 Å². The van der Waals surface area contributed by atoms with E-state index in [0.717, 1.165) is 6.42 Å². The number of aromatic hydroxyl groups is 1. The lowest BCUT2D eigenvalue weighted by atomic mass is 9.58. The Morgan fingerprint density at radius 3 is 1.60 bits per heavy atom. The molecule has 1 rings (SSSR count). The molecule has 0 amide bonds. The highest BCUT2D eigenvalue weighted by molar-refractivity contribution is 5.35. The predicted octanol–water partition coefficient (Wildman–Crippen LogP) is 5.41. The zero-order chi connectivity index (χ0) is 15.9. The van der Waals surface area contributed by atoms with Crippen LogP contribution in [0.15, 0.2) is 12.1 Å². The second kappa shape index (κ2) is 5.01. The Labute approximate surface area is 121 Å². The summed E-state index contributed by atoms with van der Waals surface area (Å²) in [4.78, 5) is 0. The fourth-order valence-corrected chi connectivity index (χ4v) is 2.74. The van der Waals surface area contributed by atoms with Gasteiger partial charge in [-0.3, -0.25) is 0 Å². The van der Waals surface area contributed by atoms with E-state index in [0.29, 0.717) is 5.56 Å². The molecular weight excluding hydrogens is 258 g/mol. The number of hydrogen-bond acceptors (Lipinski definition) is 1. The number of phenols is 1. The Morgan fingerprint density at radius 1 is 0.900 bits per heavy atom. The standard InChI is InChI=1S/C17H26F2O/c1-15(2,3)10-17(7,16(4,5)6)11-8-12(18)14(20)13(19)9-11/h8-9,20H,10H2,1-7H3. The maximum absolute atomic E-state index is 13.7. The summed E-state index contributed by atoms with van der Waals surface area (Å²) in [6.07, 6.45) is 0.785. The quantitative estimate of drug-likeness (QED) is 0.769. The normalized spacial score (nSPS) is 16.1. The average molecular weight is 284 g/mol. The summed E-state index contributed by atoms with van der Waals surface area (Å²) in [5.41, 5.74) is 0.0385. The Balaban J connectivity index is 3.47. The average Bonchev–Trinajstić information content (AvgIpc) is 2.21. The van der Waals surface area contributed by atoms with Crippen molar-refractivity contribution in [3.05, 3.63) is 29.3 Å². The summed E-state index contributed by atoms with van der Waals surface area (Å²) in [6, 6.07) is 2.52. The highest BCUT2D eigenvalue weighted by Gasteiger charge is 2.42. The lowest BCUT2D eigenvalue weighted by Gasteiger charge is -2.46. The van der Waals surface area contributed by atoms with E-state index in [2.05, 4.69) is 41.5 Å². The molecule has 3 heteroatoms. The van der Waals surface area contributed by atoms with Gasteiger partial charge >= 0.3 is 0 Å². The van der Waals surface area contributed by atoms with E-state index >= 15 is 0 Å². The first-order valence-corrected chi connectivity index (χ1v) is 6.96. The Bertz CT molecular complexity index is 472. The topological polar surface area (TPSA) is 20.2 Å². The van der Waals surface area contributed by atoms with Crippen molar-refractivity contribution in [3.8, 4) is 5.75 Å². The highest BCUT2D eigenvalue weighted by atomic mass is 19.1. The van der Waals surface area contributed by atoms with Crippen LogP contribution >= 0.6 is 0 Å². The molecule has 0 aliphatic heterocycles. The van der Waals surface area contributed by atoms with Crippen LogP contribution in [0, 0.1) is 22.5 Å². The van der Waals surface area contributed by atoms with E-state index < -0.39 is 22.8 Å². The highest BCUT2D eigenvalue weighted by Crippen LogP contribution is 2.49. The van der Waals surface area contributed by atoms with E-state index in [-0.39, 0.29) is 10.8 Å². The number of halogens is 2. The second-order valence-corrected chi connectivity index (χ2v) is 8.11. The van der Waals surface area contributed by atoms with Crippen LogP contribution in [-0.4, -0.2) is 5.11 Å². The minimum absolute atomic E-state index is 0.0207. The van der Waals surface area contributed by atoms with Crippen molar-refractivity contribution in [1.29, 1.82) is 0 Å². The number of rotatable bonds is 2. The summed E-state index contributed by atoms with van der Waals surface area (Å²) >= 11 is 0. The van der Waals surface area contributed by atoms with Gasteiger partial charge in [-0.15, -0.1) is 0 Å². The van der Waals surface area contributed by atoms with Crippen molar-refractivity contribution in [2.75, 3.05) is 0 Å². The molecule has 0 aromatic heterocycles. The summed E-state index contributed by atoms with van der Waals surface area (Å²) in [5, 5.41) is 9.28. The van der Waals surface area contributed by atoms with Crippen LogP contribution in [0.2, 0.25) is 0 Å².